The summed E-state index contributed by atoms with van der Waals surface area (Å²) in [5.74, 6) is 0.00735. The molecule has 28 heavy (non-hydrogen) atoms. The minimum atomic E-state index is 0.00735. The number of aryl methyl sites for hydroxylation is 1. The van der Waals surface area contributed by atoms with Crippen LogP contribution in [0.25, 0.3) is 5.57 Å². The molecule has 1 N–H and O–H groups in total. The summed E-state index contributed by atoms with van der Waals surface area (Å²) >= 11 is 1.60. The van der Waals surface area contributed by atoms with Gasteiger partial charge in [0.05, 0.1) is 5.56 Å². The summed E-state index contributed by atoms with van der Waals surface area (Å²) in [4.78, 5) is 16.1. The van der Waals surface area contributed by atoms with E-state index in [9.17, 15) is 10.1 Å². The monoisotopic (exact) mass is 391 g/mol. The first-order chi connectivity index (χ1) is 13.7. The summed E-state index contributed by atoms with van der Waals surface area (Å²) in [7, 11) is 0. The van der Waals surface area contributed by atoms with Gasteiger partial charge in [-0.1, -0.05) is 36.4 Å². The van der Waals surface area contributed by atoms with Gasteiger partial charge < -0.3 is 5.32 Å². The van der Waals surface area contributed by atoms with E-state index in [0.29, 0.717) is 12.0 Å². The highest BCUT2D eigenvalue weighted by Gasteiger charge is 2.22. The normalized spacial score (nSPS) is 16.8. The topological polar surface area (TPSA) is 56.1 Å². The van der Waals surface area contributed by atoms with Gasteiger partial charge in [-0.15, -0.1) is 11.3 Å². The van der Waals surface area contributed by atoms with Gasteiger partial charge in [0.15, 0.2) is 0 Å². The molecule has 0 atom stereocenters. The highest BCUT2D eigenvalue weighted by molar-refractivity contribution is 7.16. The Hall–Kier alpha value is -2.42. The van der Waals surface area contributed by atoms with Crippen molar-refractivity contribution in [3.05, 3.63) is 58.0 Å². The summed E-state index contributed by atoms with van der Waals surface area (Å²) in [5, 5.41) is 13.3. The molecule has 1 amide bonds. The Morgan fingerprint density at radius 2 is 2.00 bits per heavy atom. The van der Waals surface area contributed by atoms with Gasteiger partial charge in [0.25, 0.3) is 0 Å². The molecule has 2 heterocycles. The Labute approximate surface area is 170 Å². The van der Waals surface area contributed by atoms with Crippen LogP contribution in [0.2, 0.25) is 0 Å². The maximum Gasteiger partial charge on any atom is 0.226 e. The van der Waals surface area contributed by atoms with E-state index in [1.807, 2.05) is 6.07 Å². The Bertz CT molecular complexity index is 923. The number of nitrogens with one attached hydrogen (secondary N) is 1. The Balaban J connectivity index is 1.31. The number of hydrogen-bond donors (Lipinski definition) is 1. The summed E-state index contributed by atoms with van der Waals surface area (Å²) < 4.78 is 0. The van der Waals surface area contributed by atoms with Gasteiger partial charge >= 0.3 is 0 Å². The molecule has 0 spiro atoms. The van der Waals surface area contributed by atoms with Crippen molar-refractivity contribution in [2.45, 2.75) is 38.5 Å². The molecule has 0 fully saturated rings. The smallest absolute Gasteiger partial charge is 0.226 e. The number of fused-ring (bicyclic) bond motifs is 1. The van der Waals surface area contributed by atoms with Crippen LogP contribution < -0.4 is 5.32 Å². The first-order valence-electron chi connectivity index (χ1n) is 10.1. The average molecular weight is 392 g/mol. The zero-order valence-corrected chi connectivity index (χ0v) is 16.9. The second-order valence-electron chi connectivity index (χ2n) is 7.47. The van der Waals surface area contributed by atoms with E-state index in [2.05, 4.69) is 46.6 Å². The second kappa shape index (κ2) is 8.72. The zero-order chi connectivity index (χ0) is 19.3. The third-order valence-corrected chi connectivity index (χ3v) is 6.84. The number of nitriles is 1. The number of carbonyl (C=O) groups excluding carboxylic acids is 1. The third-order valence-electron chi connectivity index (χ3n) is 5.63. The highest BCUT2D eigenvalue weighted by Crippen LogP contribution is 2.37. The van der Waals surface area contributed by atoms with Crippen molar-refractivity contribution < 1.29 is 4.79 Å². The SMILES string of the molecule is N#Cc1c(NC(=O)CCN2CC=C(c3ccccc3)CC2)sc2c1CCCC2. The summed E-state index contributed by atoms with van der Waals surface area (Å²) in [6.07, 6.45) is 8.07. The van der Waals surface area contributed by atoms with Gasteiger partial charge in [0.1, 0.15) is 11.1 Å². The number of nitrogens with zero attached hydrogens (tertiary/aromatic N) is 2. The van der Waals surface area contributed by atoms with Gasteiger partial charge in [-0.3, -0.25) is 9.69 Å². The minimum Gasteiger partial charge on any atom is -0.317 e. The quantitative estimate of drug-likeness (QED) is 0.809. The molecule has 5 heteroatoms. The van der Waals surface area contributed by atoms with E-state index < -0.39 is 0 Å². The van der Waals surface area contributed by atoms with E-state index in [0.717, 1.165) is 50.3 Å². The van der Waals surface area contributed by atoms with Gasteiger partial charge in [0, 0.05) is 30.9 Å². The van der Waals surface area contributed by atoms with Crippen molar-refractivity contribution in [1.82, 2.24) is 4.90 Å². The summed E-state index contributed by atoms with van der Waals surface area (Å²) in [6.45, 7) is 2.61. The maximum atomic E-state index is 12.5. The van der Waals surface area contributed by atoms with Crippen LogP contribution in [0.1, 0.15) is 47.3 Å². The molecule has 1 aromatic heterocycles. The van der Waals surface area contributed by atoms with Crippen molar-refractivity contribution >= 4 is 27.8 Å². The lowest BCUT2D eigenvalue weighted by atomic mass is 9.96. The van der Waals surface area contributed by atoms with Crippen LogP contribution in [0.5, 0.6) is 0 Å². The minimum absolute atomic E-state index is 0.00735. The van der Waals surface area contributed by atoms with Gasteiger partial charge in [-0.05, 0) is 48.8 Å². The Morgan fingerprint density at radius 3 is 2.75 bits per heavy atom. The molecular formula is C23H25N3OS. The van der Waals surface area contributed by atoms with E-state index in [1.54, 1.807) is 11.3 Å². The Kier molecular flexibility index (Phi) is 5.90. The number of carbonyl (C=O) groups is 1. The van der Waals surface area contributed by atoms with Crippen LogP contribution in [0.15, 0.2) is 36.4 Å². The maximum absolute atomic E-state index is 12.5. The van der Waals surface area contributed by atoms with Crippen molar-refractivity contribution in [3.63, 3.8) is 0 Å². The van der Waals surface area contributed by atoms with Crippen LogP contribution >= 0.6 is 11.3 Å². The molecule has 1 aromatic carbocycles. The van der Waals surface area contributed by atoms with Gasteiger partial charge in [0.2, 0.25) is 5.91 Å². The van der Waals surface area contributed by atoms with E-state index in [1.165, 1.54) is 28.0 Å². The van der Waals surface area contributed by atoms with Crippen LogP contribution in [0.4, 0.5) is 5.00 Å². The fourth-order valence-electron chi connectivity index (χ4n) is 4.05. The average Bonchev–Trinajstić information content (AvgIpc) is 3.10. The largest absolute Gasteiger partial charge is 0.317 e. The first-order valence-corrected chi connectivity index (χ1v) is 10.9. The molecule has 0 unspecified atom stereocenters. The second-order valence-corrected chi connectivity index (χ2v) is 8.58. The molecule has 2 aromatic rings. The standard InChI is InChI=1S/C23H25N3OS/c24-16-20-19-8-4-5-9-21(19)28-23(20)25-22(27)12-15-26-13-10-18(11-14-26)17-6-2-1-3-7-17/h1-3,6-7,10H,4-5,8-9,11-15H2,(H,25,27). The summed E-state index contributed by atoms with van der Waals surface area (Å²) in [6, 6.07) is 12.8. The number of rotatable bonds is 5. The molecule has 0 bridgehead atoms. The lowest BCUT2D eigenvalue weighted by Crippen LogP contribution is -2.31. The van der Waals surface area contributed by atoms with Gasteiger partial charge in [-0.25, -0.2) is 0 Å². The molecule has 2 aliphatic rings. The number of benzene rings is 1. The van der Waals surface area contributed by atoms with Crippen LogP contribution in [0, 0.1) is 11.3 Å². The molecule has 0 radical (unpaired) electrons. The molecule has 4 nitrogen and oxygen atoms in total. The number of hydrogen-bond acceptors (Lipinski definition) is 4. The molecule has 4 rings (SSSR count). The predicted molar refractivity (Wildman–Crippen MR) is 114 cm³/mol. The molecule has 1 aliphatic heterocycles. The number of anilines is 1. The van der Waals surface area contributed by atoms with E-state index in [4.69, 9.17) is 0 Å². The third kappa shape index (κ3) is 4.19. The van der Waals surface area contributed by atoms with Crippen LogP contribution in [-0.4, -0.2) is 30.4 Å². The van der Waals surface area contributed by atoms with E-state index in [-0.39, 0.29) is 5.91 Å². The fourth-order valence-corrected chi connectivity index (χ4v) is 5.31. The fraction of sp³-hybridized carbons (Fsp3) is 0.391. The molecular weight excluding hydrogens is 366 g/mol. The molecule has 1 aliphatic carbocycles. The molecule has 0 saturated carbocycles. The van der Waals surface area contributed by atoms with Crippen molar-refractivity contribution in [2.24, 2.45) is 0 Å². The molecule has 0 saturated heterocycles. The lowest BCUT2D eigenvalue weighted by Gasteiger charge is -2.26. The van der Waals surface area contributed by atoms with Crippen molar-refractivity contribution in [2.75, 3.05) is 25.0 Å². The van der Waals surface area contributed by atoms with Crippen LogP contribution in [0.3, 0.4) is 0 Å². The predicted octanol–water partition coefficient (Wildman–Crippen LogP) is 4.62. The first kappa shape index (κ1) is 18.9. The summed E-state index contributed by atoms with van der Waals surface area (Å²) in [5.41, 5.74) is 4.56. The molecule has 144 valence electrons. The lowest BCUT2D eigenvalue weighted by molar-refractivity contribution is -0.116. The number of amides is 1. The Morgan fingerprint density at radius 1 is 1.18 bits per heavy atom. The zero-order valence-electron chi connectivity index (χ0n) is 16.0. The van der Waals surface area contributed by atoms with E-state index >= 15 is 0 Å². The van der Waals surface area contributed by atoms with Crippen molar-refractivity contribution in [3.8, 4) is 6.07 Å². The van der Waals surface area contributed by atoms with Crippen molar-refractivity contribution in [1.29, 1.82) is 5.26 Å². The number of thiophene rings is 1. The van der Waals surface area contributed by atoms with Gasteiger partial charge in [-0.2, -0.15) is 5.26 Å². The highest BCUT2D eigenvalue weighted by atomic mass is 32.1. The van der Waals surface area contributed by atoms with Crippen LogP contribution in [-0.2, 0) is 17.6 Å².